The van der Waals surface area contributed by atoms with E-state index in [-0.39, 0.29) is 0 Å². The average Bonchev–Trinajstić information content (AvgIpc) is 2.83. The first-order chi connectivity index (χ1) is 11.3. The Labute approximate surface area is 138 Å². The zero-order valence-electron chi connectivity index (χ0n) is 13.7. The SMILES string of the molecule is CCOc1ccc(N2CCCN(c3ccc(N)cc3)CC2)cc1. The van der Waals surface area contributed by atoms with Gasteiger partial charge in [-0.15, -0.1) is 0 Å². The molecule has 0 radical (unpaired) electrons. The van der Waals surface area contributed by atoms with Crippen LogP contribution >= 0.6 is 0 Å². The van der Waals surface area contributed by atoms with Crippen molar-refractivity contribution in [2.24, 2.45) is 0 Å². The molecule has 0 bridgehead atoms. The summed E-state index contributed by atoms with van der Waals surface area (Å²) in [6, 6.07) is 16.6. The highest BCUT2D eigenvalue weighted by atomic mass is 16.5. The quantitative estimate of drug-likeness (QED) is 0.879. The standard InChI is InChI=1S/C19H25N3O/c1-2-23-19-10-8-18(9-11-19)22-13-3-12-21(14-15-22)17-6-4-16(20)5-7-17/h4-11H,2-3,12-15,20H2,1H3. The molecule has 2 N–H and O–H groups in total. The Bertz CT molecular complexity index is 610. The van der Waals surface area contributed by atoms with Crippen LogP contribution in [0.2, 0.25) is 0 Å². The minimum absolute atomic E-state index is 0.708. The van der Waals surface area contributed by atoms with Crippen molar-refractivity contribution in [3.63, 3.8) is 0 Å². The summed E-state index contributed by atoms with van der Waals surface area (Å²) in [7, 11) is 0. The molecule has 4 heteroatoms. The van der Waals surface area contributed by atoms with Gasteiger partial charge in [-0.1, -0.05) is 0 Å². The number of nitrogen functional groups attached to an aromatic ring is 1. The molecule has 1 heterocycles. The van der Waals surface area contributed by atoms with Gasteiger partial charge in [0.15, 0.2) is 0 Å². The highest BCUT2D eigenvalue weighted by Gasteiger charge is 2.15. The van der Waals surface area contributed by atoms with E-state index < -0.39 is 0 Å². The summed E-state index contributed by atoms with van der Waals surface area (Å²) in [6.07, 6.45) is 1.15. The minimum Gasteiger partial charge on any atom is -0.494 e. The summed E-state index contributed by atoms with van der Waals surface area (Å²) in [5, 5.41) is 0. The van der Waals surface area contributed by atoms with E-state index in [1.807, 2.05) is 19.1 Å². The van der Waals surface area contributed by atoms with Crippen molar-refractivity contribution in [1.29, 1.82) is 0 Å². The van der Waals surface area contributed by atoms with Crippen molar-refractivity contribution in [2.75, 3.05) is 48.3 Å². The van der Waals surface area contributed by atoms with E-state index in [1.165, 1.54) is 11.4 Å². The van der Waals surface area contributed by atoms with E-state index in [2.05, 4.69) is 46.2 Å². The van der Waals surface area contributed by atoms with E-state index in [0.717, 1.165) is 44.0 Å². The molecule has 4 nitrogen and oxygen atoms in total. The largest absolute Gasteiger partial charge is 0.494 e. The van der Waals surface area contributed by atoms with Crippen molar-refractivity contribution >= 4 is 17.1 Å². The maximum atomic E-state index is 5.78. The van der Waals surface area contributed by atoms with Crippen molar-refractivity contribution in [3.05, 3.63) is 48.5 Å². The summed E-state index contributed by atoms with van der Waals surface area (Å²) in [4.78, 5) is 4.89. The number of hydrogen-bond acceptors (Lipinski definition) is 4. The van der Waals surface area contributed by atoms with Crippen molar-refractivity contribution in [3.8, 4) is 5.75 Å². The zero-order valence-corrected chi connectivity index (χ0v) is 13.7. The summed E-state index contributed by atoms with van der Waals surface area (Å²) in [5.74, 6) is 0.939. The Morgan fingerprint density at radius 1 is 0.826 bits per heavy atom. The van der Waals surface area contributed by atoms with Crippen molar-refractivity contribution < 1.29 is 4.74 Å². The van der Waals surface area contributed by atoms with Crippen LogP contribution in [0.15, 0.2) is 48.5 Å². The Morgan fingerprint density at radius 3 is 1.87 bits per heavy atom. The smallest absolute Gasteiger partial charge is 0.119 e. The molecular weight excluding hydrogens is 286 g/mol. The van der Waals surface area contributed by atoms with Gasteiger partial charge in [-0.25, -0.2) is 0 Å². The van der Waals surface area contributed by atoms with E-state index in [9.17, 15) is 0 Å². The number of benzene rings is 2. The van der Waals surface area contributed by atoms with Crippen LogP contribution in [0.4, 0.5) is 17.1 Å². The highest BCUT2D eigenvalue weighted by molar-refractivity contribution is 5.54. The molecule has 2 aromatic carbocycles. The third kappa shape index (κ3) is 3.89. The molecule has 0 spiro atoms. The van der Waals surface area contributed by atoms with E-state index in [4.69, 9.17) is 10.5 Å². The molecule has 0 aliphatic carbocycles. The molecular formula is C19H25N3O. The zero-order chi connectivity index (χ0) is 16.1. The molecule has 1 saturated heterocycles. The molecule has 0 saturated carbocycles. The summed E-state index contributed by atoms with van der Waals surface area (Å²) < 4.78 is 5.52. The summed E-state index contributed by atoms with van der Waals surface area (Å²) in [5.41, 5.74) is 9.13. The van der Waals surface area contributed by atoms with Crippen LogP contribution in [0.3, 0.4) is 0 Å². The molecule has 23 heavy (non-hydrogen) atoms. The third-order valence-electron chi connectivity index (χ3n) is 4.27. The van der Waals surface area contributed by atoms with Gasteiger partial charge in [0.2, 0.25) is 0 Å². The Hall–Kier alpha value is -2.36. The Kier molecular flexibility index (Phi) is 4.91. The number of ether oxygens (including phenoxy) is 1. The van der Waals surface area contributed by atoms with Crippen molar-refractivity contribution in [2.45, 2.75) is 13.3 Å². The molecule has 1 aliphatic rings. The molecule has 122 valence electrons. The molecule has 3 rings (SSSR count). The van der Waals surface area contributed by atoms with Crippen LogP contribution in [0, 0.1) is 0 Å². The van der Waals surface area contributed by atoms with Crippen LogP contribution < -0.4 is 20.3 Å². The topological polar surface area (TPSA) is 41.7 Å². The molecule has 0 amide bonds. The van der Waals surface area contributed by atoms with Crippen molar-refractivity contribution in [1.82, 2.24) is 0 Å². The van der Waals surface area contributed by atoms with E-state index in [1.54, 1.807) is 0 Å². The normalized spacial score (nSPS) is 15.3. The van der Waals surface area contributed by atoms with Gasteiger partial charge in [-0.05, 0) is 61.9 Å². The number of anilines is 3. The second-order valence-electron chi connectivity index (χ2n) is 5.85. The van der Waals surface area contributed by atoms with Gasteiger partial charge in [0.05, 0.1) is 6.61 Å². The number of nitrogens with zero attached hydrogens (tertiary/aromatic N) is 2. The molecule has 2 aromatic rings. The maximum absolute atomic E-state index is 5.78. The van der Waals surface area contributed by atoms with E-state index in [0.29, 0.717) is 6.61 Å². The lowest BCUT2D eigenvalue weighted by Crippen LogP contribution is -2.30. The van der Waals surface area contributed by atoms with Crippen LogP contribution in [-0.2, 0) is 0 Å². The lowest BCUT2D eigenvalue weighted by atomic mass is 10.2. The van der Waals surface area contributed by atoms with Crippen LogP contribution in [-0.4, -0.2) is 32.8 Å². The summed E-state index contributed by atoms with van der Waals surface area (Å²) in [6.45, 7) is 6.93. The second kappa shape index (κ2) is 7.27. The fraction of sp³-hybridized carbons (Fsp3) is 0.368. The Morgan fingerprint density at radius 2 is 1.35 bits per heavy atom. The number of rotatable bonds is 4. The number of hydrogen-bond donors (Lipinski definition) is 1. The predicted octanol–water partition coefficient (Wildman–Crippen LogP) is 3.38. The van der Waals surface area contributed by atoms with E-state index >= 15 is 0 Å². The fourth-order valence-corrected chi connectivity index (χ4v) is 3.04. The molecule has 1 fully saturated rings. The molecule has 1 aliphatic heterocycles. The lowest BCUT2D eigenvalue weighted by molar-refractivity contribution is 0.340. The monoisotopic (exact) mass is 311 g/mol. The summed E-state index contributed by atoms with van der Waals surface area (Å²) >= 11 is 0. The number of nitrogens with two attached hydrogens (primary N) is 1. The third-order valence-corrected chi connectivity index (χ3v) is 4.27. The average molecular weight is 311 g/mol. The fourth-order valence-electron chi connectivity index (χ4n) is 3.04. The van der Waals surface area contributed by atoms with Gasteiger partial charge < -0.3 is 20.3 Å². The van der Waals surface area contributed by atoms with Gasteiger partial charge in [-0.2, -0.15) is 0 Å². The Balaban J connectivity index is 1.64. The second-order valence-corrected chi connectivity index (χ2v) is 5.85. The first-order valence-corrected chi connectivity index (χ1v) is 8.34. The first kappa shape index (κ1) is 15.5. The predicted molar refractivity (Wildman–Crippen MR) is 97.5 cm³/mol. The van der Waals surface area contributed by atoms with Crippen LogP contribution in [0.5, 0.6) is 5.75 Å². The van der Waals surface area contributed by atoms with Gasteiger partial charge in [0.25, 0.3) is 0 Å². The maximum Gasteiger partial charge on any atom is 0.119 e. The van der Waals surface area contributed by atoms with Crippen LogP contribution in [0.1, 0.15) is 13.3 Å². The highest BCUT2D eigenvalue weighted by Crippen LogP contribution is 2.23. The molecule has 0 aromatic heterocycles. The minimum atomic E-state index is 0.708. The molecule has 0 unspecified atom stereocenters. The van der Waals surface area contributed by atoms with Crippen LogP contribution in [0.25, 0.3) is 0 Å². The first-order valence-electron chi connectivity index (χ1n) is 8.34. The van der Waals surface area contributed by atoms with Gasteiger partial charge in [-0.3, -0.25) is 0 Å². The lowest BCUT2D eigenvalue weighted by Gasteiger charge is -2.25. The molecule has 0 atom stereocenters. The van der Waals surface area contributed by atoms with Gasteiger partial charge in [0, 0.05) is 43.2 Å². The van der Waals surface area contributed by atoms with Gasteiger partial charge in [0.1, 0.15) is 5.75 Å². The van der Waals surface area contributed by atoms with Gasteiger partial charge >= 0.3 is 0 Å².